The lowest BCUT2D eigenvalue weighted by molar-refractivity contribution is -0.0751. The van der Waals surface area contributed by atoms with E-state index < -0.39 is 5.60 Å². The molecule has 0 fully saturated rings. The zero-order chi connectivity index (χ0) is 17.2. The van der Waals surface area contributed by atoms with Gasteiger partial charge in [-0.3, -0.25) is 0 Å². The topological polar surface area (TPSA) is 67.0 Å². The highest BCUT2D eigenvalue weighted by molar-refractivity contribution is 6.01. The summed E-state index contributed by atoms with van der Waals surface area (Å²) in [6.45, 7) is 2.80. The predicted molar refractivity (Wildman–Crippen MR) is 95.7 cm³/mol. The maximum Gasteiger partial charge on any atom is 0.116 e. The number of hydrogen-bond acceptors (Lipinski definition) is 4. The molecular weight excluding hydrogens is 316 g/mol. The molecule has 1 atom stereocenters. The summed E-state index contributed by atoms with van der Waals surface area (Å²) in [6.07, 6.45) is 4.65. The smallest absolute Gasteiger partial charge is 0.116 e. The van der Waals surface area contributed by atoms with Gasteiger partial charge in [-0.2, -0.15) is 0 Å². The van der Waals surface area contributed by atoms with Crippen LogP contribution in [-0.2, 0) is 16.9 Å². The van der Waals surface area contributed by atoms with Crippen LogP contribution in [0.2, 0.25) is 0 Å². The Balaban J connectivity index is 1.85. The van der Waals surface area contributed by atoms with Crippen LogP contribution >= 0.6 is 0 Å². The molecule has 0 bridgehead atoms. The van der Waals surface area contributed by atoms with Crippen LogP contribution in [0.5, 0.6) is 5.75 Å². The molecule has 5 heteroatoms. The van der Waals surface area contributed by atoms with E-state index in [1.54, 1.807) is 12.1 Å². The molecule has 25 heavy (non-hydrogen) atoms. The first-order valence-corrected chi connectivity index (χ1v) is 8.45. The summed E-state index contributed by atoms with van der Waals surface area (Å²) in [5.41, 5.74) is 3.69. The third kappa shape index (κ3) is 2.06. The predicted octanol–water partition coefficient (Wildman–Crippen LogP) is 3.47. The minimum atomic E-state index is -0.950. The van der Waals surface area contributed by atoms with Gasteiger partial charge in [0.05, 0.1) is 29.8 Å². The Kier molecular flexibility index (Phi) is 2.90. The lowest BCUT2D eigenvalue weighted by atomic mass is 9.87. The van der Waals surface area contributed by atoms with Gasteiger partial charge in [-0.05, 0) is 42.3 Å². The molecule has 2 N–H and O–H groups in total. The first-order chi connectivity index (χ1) is 12.1. The van der Waals surface area contributed by atoms with E-state index in [4.69, 9.17) is 9.72 Å². The van der Waals surface area contributed by atoms with Gasteiger partial charge >= 0.3 is 0 Å². The van der Waals surface area contributed by atoms with Gasteiger partial charge in [0.15, 0.2) is 0 Å². The van der Waals surface area contributed by atoms with Crippen LogP contribution in [0, 0.1) is 0 Å². The van der Waals surface area contributed by atoms with Crippen molar-refractivity contribution in [1.29, 1.82) is 0 Å². The molecule has 5 rings (SSSR count). The molecule has 3 aromatic heterocycles. The Hall–Kier alpha value is -2.63. The third-order valence-corrected chi connectivity index (χ3v) is 5.23. The van der Waals surface area contributed by atoms with Gasteiger partial charge in [-0.1, -0.05) is 6.92 Å². The van der Waals surface area contributed by atoms with E-state index in [-0.39, 0.29) is 5.75 Å². The van der Waals surface area contributed by atoms with Crippen molar-refractivity contribution in [3.8, 4) is 5.75 Å². The largest absolute Gasteiger partial charge is 0.508 e. The molecule has 0 amide bonds. The zero-order valence-corrected chi connectivity index (χ0v) is 13.9. The Bertz CT molecular complexity index is 1150. The summed E-state index contributed by atoms with van der Waals surface area (Å²) in [5.74, 6) is 0.234. The molecule has 1 aliphatic heterocycles. The number of hydrogen-bond donors (Lipinski definition) is 2. The molecule has 0 spiro atoms. The second-order valence-electron chi connectivity index (χ2n) is 6.82. The Morgan fingerprint density at radius 2 is 2.08 bits per heavy atom. The maximum atomic E-state index is 10.9. The average molecular weight is 334 g/mol. The summed E-state index contributed by atoms with van der Waals surface area (Å²) < 4.78 is 7.64. The van der Waals surface area contributed by atoms with E-state index in [9.17, 15) is 10.2 Å². The summed E-state index contributed by atoms with van der Waals surface area (Å²) in [5, 5.41) is 22.5. The van der Waals surface area contributed by atoms with Gasteiger partial charge in [-0.15, -0.1) is 0 Å². The molecule has 1 unspecified atom stereocenters. The molecule has 0 radical (unpaired) electrons. The number of rotatable bonds is 1. The highest BCUT2D eigenvalue weighted by atomic mass is 16.5. The summed E-state index contributed by atoms with van der Waals surface area (Å²) in [7, 11) is 0. The van der Waals surface area contributed by atoms with Crippen LogP contribution in [0.1, 0.15) is 24.5 Å². The van der Waals surface area contributed by atoms with E-state index in [1.807, 2.05) is 41.9 Å². The van der Waals surface area contributed by atoms with Gasteiger partial charge in [-0.25, -0.2) is 4.98 Å². The number of fused-ring (bicyclic) bond motifs is 5. The standard InChI is InChI=1S/C20H18N2O3/c1-2-20(24)11-25-10-14-9-22-8-13-5-12-6-15(23)3-4-17(12)21-19(13)18(22)7-16(14)20/h3-9,23-24H,2,10-11H2,1H3. The minimum Gasteiger partial charge on any atom is -0.508 e. The van der Waals surface area contributed by atoms with Gasteiger partial charge in [0, 0.05) is 28.7 Å². The van der Waals surface area contributed by atoms with Crippen molar-refractivity contribution in [3.63, 3.8) is 0 Å². The quantitative estimate of drug-likeness (QED) is 0.559. The summed E-state index contributed by atoms with van der Waals surface area (Å²) >= 11 is 0. The number of phenolic OH excluding ortho intramolecular Hbond substituents is 1. The number of nitrogens with zero attached hydrogens (tertiary/aromatic N) is 2. The Morgan fingerprint density at radius 3 is 2.92 bits per heavy atom. The number of ether oxygens (including phenoxy) is 1. The van der Waals surface area contributed by atoms with Crippen LogP contribution < -0.4 is 0 Å². The van der Waals surface area contributed by atoms with E-state index >= 15 is 0 Å². The van der Waals surface area contributed by atoms with Crippen molar-refractivity contribution in [2.24, 2.45) is 0 Å². The van der Waals surface area contributed by atoms with Crippen molar-refractivity contribution in [2.75, 3.05) is 6.61 Å². The molecule has 126 valence electrons. The number of aromatic nitrogens is 2. The number of pyridine rings is 2. The van der Waals surface area contributed by atoms with Gasteiger partial charge in [0.25, 0.3) is 0 Å². The molecule has 0 saturated carbocycles. The second-order valence-corrected chi connectivity index (χ2v) is 6.82. The van der Waals surface area contributed by atoms with Crippen molar-refractivity contribution >= 4 is 27.3 Å². The minimum absolute atomic E-state index is 0.234. The van der Waals surface area contributed by atoms with E-state index in [0.29, 0.717) is 19.6 Å². The maximum absolute atomic E-state index is 10.9. The van der Waals surface area contributed by atoms with Crippen LogP contribution in [0.15, 0.2) is 42.7 Å². The average Bonchev–Trinajstić information content (AvgIpc) is 2.95. The van der Waals surface area contributed by atoms with Gasteiger partial charge in [0.1, 0.15) is 11.4 Å². The Labute approximate surface area is 144 Å². The SMILES string of the molecule is CCC1(O)COCc2cn3cc4cc5cc(O)ccc5nc4c3cc21. The van der Waals surface area contributed by atoms with Crippen molar-refractivity contribution < 1.29 is 14.9 Å². The van der Waals surface area contributed by atoms with E-state index in [1.165, 1.54) is 0 Å². The lowest BCUT2D eigenvalue weighted by Crippen LogP contribution is -2.35. The van der Waals surface area contributed by atoms with Crippen molar-refractivity contribution in [3.05, 3.63) is 53.9 Å². The fraction of sp³-hybridized carbons (Fsp3) is 0.250. The molecular formula is C20H18N2O3. The first kappa shape index (κ1) is 14.7. The van der Waals surface area contributed by atoms with Crippen LogP contribution in [0.4, 0.5) is 0 Å². The van der Waals surface area contributed by atoms with Crippen molar-refractivity contribution in [2.45, 2.75) is 25.6 Å². The van der Waals surface area contributed by atoms with Gasteiger partial charge in [0.2, 0.25) is 0 Å². The van der Waals surface area contributed by atoms with E-state index in [2.05, 4.69) is 0 Å². The molecule has 0 aliphatic carbocycles. The van der Waals surface area contributed by atoms with Gasteiger partial charge < -0.3 is 19.4 Å². The number of phenols is 1. The highest BCUT2D eigenvalue weighted by Gasteiger charge is 2.34. The molecule has 0 saturated heterocycles. The molecule has 5 nitrogen and oxygen atoms in total. The third-order valence-electron chi connectivity index (χ3n) is 5.23. The second kappa shape index (κ2) is 4.94. The first-order valence-electron chi connectivity index (χ1n) is 8.45. The van der Waals surface area contributed by atoms with Crippen LogP contribution in [0.3, 0.4) is 0 Å². The lowest BCUT2D eigenvalue weighted by Gasteiger charge is -2.33. The fourth-order valence-corrected chi connectivity index (χ4v) is 3.79. The summed E-state index contributed by atoms with van der Waals surface area (Å²) in [4.78, 5) is 4.78. The Morgan fingerprint density at radius 1 is 1.20 bits per heavy atom. The van der Waals surface area contributed by atoms with Crippen LogP contribution in [-0.4, -0.2) is 26.2 Å². The number of benzene rings is 1. The number of aliphatic hydroxyl groups is 1. The fourth-order valence-electron chi connectivity index (χ4n) is 3.79. The van der Waals surface area contributed by atoms with Crippen LogP contribution in [0.25, 0.3) is 27.3 Å². The van der Waals surface area contributed by atoms with Crippen molar-refractivity contribution in [1.82, 2.24) is 9.38 Å². The normalized spacial score (nSPS) is 20.4. The summed E-state index contributed by atoms with van der Waals surface area (Å²) in [6, 6.07) is 9.27. The molecule has 4 heterocycles. The zero-order valence-electron chi connectivity index (χ0n) is 13.9. The number of aromatic hydroxyl groups is 1. The highest BCUT2D eigenvalue weighted by Crippen LogP contribution is 2.36. The molecule has 1 aliphatic rings. The molecule has 4 aromatic rings. The molecule has 1 aromatic carbocycles. The monoisotopic (exact) mass is 334 g/mol. The van der Waals surface area contributed by atoms with E-state index in [0.717, 1.165) is 38.4 Å².